The number of benzene rings is 1. The number of para-hydroxylation sites is 1. The number of carboxylic acid groups (broad SMARTS) is 1. The summed E-state index contributed by atoms with van der Waals surface area (Å²) < 4.78 is 0. The van der Waals surface area contributed by atoms with Gasteiger partial charge in [0.2, 0.25) is 5.91 Å². The molecule has 116 valence electrons. The minimum atomic E-state index is -0.865. The Morgan fingerprint density at radius 2 is 2.00 bits per heavy atom. The molecule has 1 aromatic carbocycles. The smallest absolute Gasteiger partial charge is 0.305 e. The number of rotatable bonds is 8. The number of anilines is 1. The van der Waals surface area contributed by atoms with Gasteiger partial charge >= 0.3 is 5.97 Å². The van der Waals surface area contributed by atoms with Crippen LogP contribution in [-0.2, 0) is 9.59 Å². The maximum atomic E-state index is 12.1. The minimum Gasteiger partial charge on any atom is -0.481 e. The van der Waals surface area contributed by atoms with Gasteiger partial charge in [-0.25, -0.2) is 0 Å². The van der Waals surface area contributed by atoms with Crippen molar-refractivity contribution in [2.24, 2.45) is 0 Å². The van der Waals surface area contributed by atoms with E-state index in [0.29, 0.717) is 6.54 Å². The second-order valence-corrected chi connectivity index (χ2v) is 5.23. The average Bonchev–Trinajstić information content (AvgIpc) is 2.43. The normalized spacial score (nSPS) is 11.8. The number of nitrogens with zero attached hydrogens (tertiary/aromatic N) is 1. The Bertz CT molecular complexity index is 488. The Morgan fingerprint density at radius 3 is 2.57 bits per heavy atom. The fraction of sp³-hybridized carbons (Fsp3) is 0.500. The summed E-state index contributed by atoms with van der Waals surface area (Å²) in [6.07, 6.45) is 0.871. The van der Waals surface area contributed by atoms with E-state index >= 15 is 0 Å². The van der Waals surface area contributed by atoms with E-state index in [0.717, 1.165) is 17.7 Å². The predicted octanol–water partition coefficient (Wildman–Crippen LogP) is 2.19. The molecule has 21 heavy (non-hydrogen) atoms. The molecule has 1 atom stereocenters. The molecule has 0 spiro atoms. The highest BCUT2D eigenvalue weighted by molar-refractivity contribution is 5.82. The second-order valence-electron chi connectivity index (χ2n) is 5.23. The van der Waals surface area contributed by atoms with Crippen LogP contribution in [0, 0.1) is 6.92 Å². The van der Waals surface area contributed by atoms with Gasteiger partial charge in [-0.1, -0.05) is 25.1 Å². The first-order valence-corrected chi connectivity index (χ1v) is 7.25. The van der Waals surface area contributed by atoms with E-state index in [1.54, 1.807) is 0 Å². The average molecular weight is 292 g/mol. The molecule has 1 aromatic rings. The number of amides is 1. The molecule has 0 bridgehead atoms. The maximum Gasteiger partial charge on any atom is 0.305 e. The Hall–Kier alpha value is -2.04. The molecule has 0 aromatic heterocycles. The summed E-state index contributed by atoms with van der Waals surface area (Å²) in [6.45, 7) is 6.40. The van der Waals surface area contributed by atoms with Crippen LogP contribution in [0.25, 0.3) is 0 Å². The van der Waals surface area contributed by atoms with Crippen molar-refractivity contribution in [3.05, 3.63) is 29.8 Å². The van der Waals surface area contributed by atoms with Crippen LogP contribution in [-0.4, -0.2) is 36.1 Å². The van der Waals surface area contributed by atoms with Crippen molar-refractivity contribution in [3.8, 4) is 0 Å². The summed E-state index contributed by atoms with van der Waals surface area (Å²) in [5.41, 5.74) is 1.93. The Kier molecular flexibility index (Phi) is 6.72. The van der Waals surface area contributed by atoms with Crippen LogP contribution in [0.4, 0.5) is 5.69 Å². The number of hydrogen-bond donors (Lipinski definition) is 2. The molecular formula is C16H24N2O3. The van der Waals surface area contributed by atoms with Crippen molar-refractivity contribution in [2.45, 2.75) is 39.7 Å². The second kappa shape index (κ2) is 8.29. The predicted molar refractivity (Wildman–Crippen MR) is 83.5 cm³/mol. The van der Waals surface area contributed by atoms with Crippen LogP contribution < -0.4 is 10.2 Å². The zero-order chi connectivity index (χ0) is 15.8. The van der Waals surface area contributed by atoms with Crippen LogP contribution in [0.3, 0.4) is 0 Å². The van der Waals surface area contributed by atoms with Crippen molar-refractivity contribution >= 4 is 17.6 Å². The number of carbonyl (C=O) groups excluding carboxylic acids is 1. The van der Waals surface area contributed by atoms with Gasteiger partial charge in [0.05, 0.1) is 13.0 Å². The molecule has 1 amide bonds. The van der Waals surface area contributed by atoms with Gasteiger partial charge < -0.3 is 15.3 Å². The first-order valence-electron chi connectivity index (χ1n) is 7.25. The number of nitrogens with one attached hydrogen (secondary N) is 1. The van der Waals surface area contributed by atoms with E-state index in [1.807, 2.05) is 49.9 Å². The van der Waals surface area contributed by atoms with Crippen LogP contribution >= 0.6 is 0 Å². The van der Waals surface area contributed by atoms with Crippen LogP contribution in [0.15, 0.2) is 24.3 Å². The monoisotopic (exact) mass is 292 g/mol. The van der Waals surface area contributed by atoms with E-state index in [4.69, 9.17) is 5.11 Å². The standard InChI is InChI=1S/C16H24N2O3/c1-4-13(3)17-15(19)11-18(10-9-16(20)21)14-8-6-5-7-12(14)2/h5-8,13H,4,9-11H2,1-3H3,(H,17,19)(H,20,21). The molecule has 1 rings (SSSR count). The summed E-state index contributed by atoms with van der Waals surface area (Å²) in [7, 11) is 0. The van der Waals surface area contributed by atoms with E-state index in [9.17, 15) is 9.59 Å². The summed E-state index contributed by atoms with van der Waals surface area (Å²) in [5.74, 6) is -0.950. The highest BCUT2D eigenvalue weighted by Gasteiger charge is 2.15. The summed E-state index contributed by atoms with van der Waals surface area (Å²) in [4.78, 5) is 24.7. The molecule has 0 saturated heterocycles. The lowest BCUT2D eigenvalue weighted by molar-refractivity contribution is -0.136. The van der Waals surface area contributed by atoms with Crippen molar-refractivity contribution in [1.82, 2.24) is 5.32 Å². The van der Waals surface area contributed by atoms with Crippen molar-refractivity contribution in [3.63, 3.8) is 0 Å². The molecule has 5 heteroatoms. The van der Waals surface area contributed by atoms with Crippen LogP contribution in [0.2, 0.25) is 0 Å². The van der Waals surface area contributed by atoms with E-state index in [-0.39, 0.29) is 24.9 Å². The molecule has 0 fully saturated rings. The molecule has 0 radical (unpaired) electrons. The quantitative estimate of drug-likeness (QED) is 0.770. The lowest BCUT2D eigenvalue weighted by Crippen LogP contribution is -2.41. The first kappa shape index (κ1) is 17.0. The summed E-state index contributed by atoms with van der Waals surface area (Å²) >= 11 is 0. The van der Waals surface area contributed by atoms with E-state index < -0.39 is 5.97 Å². The van der Waals surface area contributed by atoms with Gasteiger partial charge in [-0.3, -0.25) is 9.59 Å². The van der Waals surface area contributed by atoms with Crippen molar-refractivity contribution < 1.29 is 14.7 Å². The number of carbonyl (C=O) groups is 2. The zero-order valence-electron chi connectivity index (χ0n) is 12.9. The van der Waals surface area contributed by atoms with Gasteiger partial charge in [0, 0.05) is 18.3 Å². The lowest BCUT2D eigenvalue weighted by atomic mass is 10.1. The summed E-state index contributed by atoms with van der Waals surface area (Å²) in [6, 6.07) is 7.80. The van der Waals surface area contributed by atoms with Crippen LogP contribution in [0.5, 0.6) is 0 Å². The fourth-order valence-electron chi connectivity index (χ4n) is 2.03. The topological polar surface area (TPSA) is 69.6 Å². The maximum absolute atomic E-state index is 12.1. The SMILES string of the molecule is CCC(C)NC(=O)CN(CCC(=O)O)c1ccccc1C. The molecular weight excluding hydrogens is 268 g/mol. The van der Waals surface area contributed by atoms with Crippen molar-refractivity contribution in [2.75, 3.05) is 18.0 Å². The first-order chi connectivity index (χ1) is 9.93. The number of carboxylic acids is 1. The number of aliphatic carboxylic acids is 1. The highest BCUT2D eigenvalue weighted by Crippen LogP contribution is 2.19. The molecule has 0 heterocycles. The third-order valence-electron chi connectivity index (χ3n) is 3.41. The van der Waals surface area contributed by atoms with Gasteiger partial charge in [-0.2, -0.15) is 0 Å². The molecule has 2 N–H and O–H groups in total. The molecule has 0 aliphatic heterocycles. The van der Waals surface area contributed by atoms with E-state index in [2.05, 4.69) is 5.32 Å². The largest absolute Gasteiger partial charge is 0.481 e. The number of hydrogen-bond acceptors (Lipinski definition) is 3. The third-order valence-corrected chi connectivity index (χ3v) is 3.41. The molecule has 0 saturated carbocycles. The van der Waals surface area contributed by atoms with Gasteiger partial charge in [0.1, 0.15) is 0 Å². The van der Waals surface area contributed by atoms with Gasteiger partial charge in [0.15, 0.2) is 0 Å². The van der Waals surface area contributed by atoms with Gasteiger partial charge in [-0.05, 0) is 31.9 Å². The number of aryl methyl sites for hydroxylation is 1. The molecule has 0 aliphatic rings. The molecule has 0 aliphatic carbocycles. The Morgan fingerprint density at radius 1 is 1.33 bits per heavy atom. The molecule has 5 nitrogen and oxygen atoms in total. The lowest BCUT2D eigenvalue weighted by Gasteiger charge is -2.26. The minimum absolute atomic E-state index is 0.00491. The van der Waals surface area contributed by atoms with Crippen LogP contribution in [0.1, 0.15) is 32.3 Å². The molecule has 1 unspecified atom stereocenters. The highest BCUT2D eigenvalue weighted by atomic mass is 16.4. The van der Waals surface area contributed by atoms with E-state index in [1.165, 1.54) is 0 Å². The van der Waals surface area contributed by atoms with Gasteiger partial charge in [-0.15, -0.1) is 0 Å². The van der Waals surface area contributed by atoms with Crippen molar-refractivity contribution in [1.29, 1.82) is 0 Å². The fourth-order valence-corrected chi connectivity index (χ4v) is 2.03. The zero-order valence-corrected chi connectivity index (χ0v) is 12.9. The Balaban J connectivity index is 2.80. The third kappa shape index (κ3) is 5.85. The Labute approximate surface area is 126 Å². The van der Waals surface area contributed by atoms with Gasteiger partial charge in [0.25, 0.3) is 0 Å². The summed E-state index contributed by atoms with van der Waals surface area (Å²) in [5, 5.41) is 11.8.